The summed E-state index contributed by atoms with van der Waals surface area (Å²) in [6.07, 6.45) is 10.1. The van der Waals surface area contributed by atoms with Gasteiger partial charge in [0.05, 0.1) is 18.3 Å². The van der Waals surface area contributed by atoms with Gasteiger partial charge in [0.1, 0.15) is 18.6 Å². The lowest BCUT2D eigenvalue weighted by atomic mass is 9.31. The van der Waals surface area contributed by atoms with E-state index < -0.39 is 5.41 Å². The number of nitriles is 1. The van der Waals surface area contributed by atoms with E-state index in [9.17, 15) is 14.9 Å². The van der Waals surface area contributed by atoms with Crippen LogP contribution in [0.15, 0.2) is 11.6 Å². The summed E-state index contributed by atoms with van der Waals surface area (Å²) in [7, 11) is 0. The number of ketones is 2. The second-order valence-corrected chi connectivity index (χ2v) is 16.1. The van der Waals surface area contributed by atoms with Crippen LogP contribution in [0.2, 0.25) is 0 Å². The van der Waals surface area contributed by atoms with Crippen molar-refractivity contribution in [1.82, 2.24) is 0 Å². The number of allylic oxidation sites excluding steroid dienone is 2. The predicted octanol–water partition coefficient (Wildman–Crippen LogP) is 6.66. The number of carbonyl (C=O) groups excluding carboxylic acids is 2. The highest BCUT2D eigenvalue weighted by atomic mass is 16.7. The van der Waals surface area contributed by atoms with Crippen molar-refractivity contribution >= 4 is 11.6 Å². The molecule has 0 aromatic rings. The SMILES string of the molecule is CC1(C)CC[C@]2([C@H]3COCO3)CC[C@]3(C)[C@H](C(=O)C[C@@H]4[C@@]5(C)C=C(C#N)C(=O)C(C)(C)[C@@H]5CC[C@]43C)[C@@H]2C1. The minimum absolute atomic E-state index is 0.0171. The van der Waals surface area contributed by atoms with Gasteiger partial charge in [0.2, 0.25) is 0 Å². The summed E-state index contributed by atoms with van der Waals surface area (Å²) >= 11 is 0. The van der Waals surface area contributed by atoms with Gasteiger partial charge in [-0.25, -0.2) is 0 Å². The van der Waals surface area contributed by atoms with Crippen molar-refractivity contribution in [3.05, 3.63) is 11.6 Å². The standard InChI is InChI=1S/C33H47NO4/c1-28(2)10-12-33(25-18-37-19-38-25)13-11-32(7)26(21(33)16-28)22(35)14-24-30(5)15-20(17-34)27(36)29(3,4)23(30)8-9-31(24,32)6/h15,21,23-26H,8-14,16,18-19H2,1-7H3/t21-,23-,24+,25+,26-,30-,31+,32+,33-/m0/s1. The molecule has 0 radical (unpaired) electrons. The summed E-state index contributed by atoms with van der Waals surface area (Å²) in [6, 6.07) is 2.24. The molecule has 0 aromatic heterocycles. The molecule has 4 saturated carbocycles. The average Bonchev–Trinajstić information content (AvgIpc) is 3.38. The Morgan fingerprint density at radius 1 is 0.921 bits per heavy atom. The van der Waals surface area contributed by atoms with Gasteiger partial charge in [-0.05, 0) is 84.4 Å². The maximum Gasteiger partial charge on any atom is 0.178 e. The van der Waals surface area contributed by atoms with Crippen LogP contribution < -0.4 is 0 Å². The average molecular weight is 522 g/mol. The summed E-state index contributed by atoms with van der Waals surface area (Å²) in [5.74, 6) is 1.01. The lowest BCUT2D eigenvalue weighted by molar-refractivity contribution is -0.234. The Kier molecular flexibility index (Phi) is 5.64. The zero-order valence-electron chi connectivity index (χ0n) is 24.6. The summed E-state index contributed by atoms with van der Waals surface area (Å²) in [5, 5.41) is 9.93. The number of carbonyl (C=O) groups is 2. The molecule has 5 heteroatoms. The fourth-order valence-corrected chi connectivity index (χ4v) is 11.6. The summed E-state index contributed by atoms with van der Waals surface area (Å²) in [4.78, 5) is 27.9. The summed E-state index contributed by atoms with van der Waals surface area (Å²) < 4.78 is 12.0. The molecule has 5 nitrogen and oxygen atoms in total. The fourth-order valence-electron chi connectivity index (χ4n) is 11.6. The van der Waals surface area contributed by atoms with E-state index in [1.807, 2.05) is 19.9 Å². The van der Waals surface area contributed by atoms with Crippen molar-refractivity contribution in [2.24, 2.45) is 56.2 Å². The first-order valence-corrected chi connectivity index (χ1v) is 15.1. The van der Waals surface area contributed by atoms with E-state index in [2.05, 4.69) is 40.7 Å². The van der Waals surface area contributed by atoms with Gasteiger partial charge >= 0.3 is 0 Å². The van der Waals surface area contributed by atoms with Crippen LogP contribution in [0.1, 0.15) is 99.8 Å². The van der Waals surface area contributed by atoms with Crippen LogP contribution in [-0.2, 0) is 19.1 Å². The van der Waals surface area contributed by atoms with Crippen molar-refractivity contribution in [3.8, 4) is 6.07 Å². The van der Waals surface area contributed by atoms with Crippen LogP contribution in [0.3, 0.4) is 0 Å². The van der Waals surface area contributed by atoms with Gasteiger partial charge in [-0.3, -0.25) is 9.59 Å². The topological polar surface area (TPSA) is 76.4 Å². The Morgan fingerprint density at radius 2 is 1.63 bits per heavy atom. The molecule has 0 N–H and O–H groups in total. The molecule has 0 spiro atoms. The summed E-state index contributed by atoms with van der Waals surface area (Å²) in [5.41, 5.74) is -0.560. The third-order valence-electron chi connectivity index (χ3n) is 13.8. The van der Waals surface area contributed by atoms with Crippen molar-refractivity contribution in [2.45, 2.75) is 106 Å². The first-order valence-electron chi connectivity index (χ1n) is 15.1. The van der Waals surface area contributed by atoms with Crippen molar-refractivity contribution in [2.75, 3.05) is 13.4 Å². The Labute approximate surface area is 229 Å². The Balaban J connectivity index is 1.46. The quantitative estimate of drug-likeness (QED) is 0.386. The van der Waals surface area contributed by atoms with Crippen LogP contribution in [-0.4, -0.2) is 31.1 Å². The van der Waals surface area contributed by atoms with Crippen molar-refractivity contribution in [3.63, 3.8) is 0 Å². The molecule has 208 valence electrons. The second kappa shape index (κ2) is 8.03. The molecule has 0 unspecified atom stereocenters. The Morgan fingerprint density at radius 3 is 2.29 bits per heavy atom. The molecular weight excluding hydrogens is 474 g/mol. The highest BCUT2D eigenvalue weighted by Crippen LogP contribution is 2.76. The largest absolute Gasteiger partial charge is 0.353 e. The number of nitrogens with zero attached hydrogens (tertiary/aromatic N) is 1. The van der Waals surface area contributed by atoms with Crippen molar-refractivity contribution in [1.29, 1.82) is 5.26 Å². The number of hydrogen-bond donors (Lipinski definition) is 0. The third kappa shape index (κ3) is 3.17. The lowest BCUT2D eigenvalue weighted by Gasteiger charge is -2.72. The summed E-state index contributed by atoms with van der Waals surface area (Å²) in [6.45, 7) is 17.0. The molecular formula is C33H47NO4. The molecule has 0 aromatic carbocycles. The number of ether oxygens (including phenoxy) is 2. The smallest absolute Gasteiger partial charge is 0.178 e. The molecule has 38 heavy (non-hydrogen) atoms. The number of rotatable bonds is 1. The number of Topliss-reactive ketones (excluding diaryl/α,β-unsaturated/α-hetero) is 2. The van der Waals surface area contributed by atoms with Gasteiger partial charge in [-0.2, -0.15) is 5.26 Å². The molecule has 5 aliphatic carbocycles. The Hall–Kier alpha value is -1.51. The molecule has 6 rings (SSSR count). The van der Waals surface area contributed by atoms with E-state index >= 15 is 0 Å². The number of hydrogen-bond acceptors (Lipinski definition) is 5. The first-order chi connectivity index (χ1) is 17.7. The molecule has 6 aliphatic rings. The predicted molar refractivity (Wildman–Crippen MR) is 145 cm³/mol. The highest BCUT2D eigenvalue weighted by molar-refractivity contribution is 6.04. The monoisotopic (exact) mass is 521 g/mol. The van der Waals surface area contributed by atoms with Crippen molar-refractivity contribution < 1.29 is 19.1 Å². The minimum Gasteiger partial charge on any atom is -0.353 e. The zero-order chi connectivity index (χ0) is 27.5. The van der Waals surface area contributed by atoms with Crippen LogP contribution in [0.4, 0.5) is 0 Å². The fraction of sp³-hybridized carbons (Fsp3) is 0.848. The van der Waals surface area contributed by atoms with Gasteiger partial charge in [0.25, 0.3) is 0 Å². The van der Waals surface area contributed by atoms with E-state index in [-0.39, 0.29) is 56.7 Å². The molecule has 1 heterocycles. The van der Waals surface area contributed by atoms with Gasteiger partial charge in [0.15, 0.2) is 5.78 Å². The van der Waals surface area contributed by atoms with Crippen LogP contribution in [0.25, 0.3) is 0 Å². The van der Waals surface area contributed by atoms with Crippen LogP contribution in [0.5, 0.6) is 0 Å². The highest BCUT2D eigenvalue weighted by Gasteiger charge is 2.73. The van der Waals surface area contributed by atoms with E-state index in [1.165, 1.54) is 6.42 Å². The zero-order valence-corrected chi connectivity index (χ0v) is 24.6. The molecule has 1 saturated heterocycles. The van der Waals surface area contributed by atoms with E-state index in [4.69, 9.17) is 9.47 Å². The first kappa shape index (κ1) is 26.7. The molecule has 0 bridgehead atoms. The van der Waals surface area contributed by atoms with E-state index in [0.29, 0.717) is 37.1 Å². The number of fused-ring (bicyclic) bond motifs is 7. The van der Waals surface area contributed by atoms with E-state index in [1.54, 1.807) is 0 Å². The molecule has 9 atom stereocenters. The van der Waals surface area contributed by atoms with Gasteiger partial charge in [-0.1, -0.05) is 54.5 Å². The van der Waals surface area contributed by atoms with Gasteiger partial charge < -0.3 is 9.47 Å². The second-order valence-electron chi connectivity index (χ2n) is 16.1. The maximum absolute atomic E-state index is 14.6. The van der Waals surface area contributed by atoms with Gasteiger partial charge in [-0.15, -0.1) is 0 Å². The Bertz CT molecular complexity index is 1140. The lowest BCUT2D eigenvalue weighted by Crippen LogP contribution is -2.69. The molecule has 1 aliphatic heterocycles. The molecule has 5 fully saturated rings. The maximum atomic E-state index is 14.6. The molecule has 0 amide bonds. The normalized spacial score (nSPS) is 51.1. The van der Waals surface area contributed by atoms with Crippen LogP contribution >= 0.6 is 0 Å². The van der Waals surface area contributed by atoms with Gasteiger partial charge in [0, 0.05) is 23.2 Å². The van der Waals surface area contributed by atoms with Crippen LogP contribution in [0, 0.1) is 67.5 Å². The van der Waals surface area contributed by atoms with E-state index in [0.717, 1.165) is 38.5 Å². The third-order valence-corrected chi connectivity index (χ3v) is 13.8. The minimum atomic E-state index is -0.592.